The van der Waals surface area contributed by atoms with Crippen LogP contribution in [0.5, 0.6) is 0 Å². The number of nitrogens with zero attached hydrogens (tertiary/aromatic N) is 1. The molecular formula is C15H24N2O2. The summed E-state index contributed by atoms with van der Waals surface area (Å²) in [5.74, 6) is 0.690. The molecule has 5 unspecified atom stereocenters. The first-order valence-corrected chi connectivity index (χ1v) is 7.62. The van der Waals surface area contributed by atoms with Crippen LogP contribution in [-0.4, -0.2) is 34.8 Å². The number of nitrogens with one attached hydrogen (secondary N) is 1. The van der Waals surface area contributed by atoms with Crippen molar-refractivity contribution in [3.05, 3.63) is 0 Å². The van der Waals surface area contributed by atoms with Gasteiger partial charge < -0.3 is 5.32 Å². The maximum atomic E-state index is 12.5. The van der Waals surface area contributed by atoms with Gasteiger partial charge >= 0.3 is 0 Å². The molecule has 0 aromatic carbocycles. The lowest BCUT2D eigenvalue weighted by Crippen LogP contribution is -2.56. The summed E-state index contributed by atoms with van der Waals surface area (Å²) in [6.07, 6.45) is 3.78. The smallest absolute Gasteiger partial charge is 0.233 e. The third kappa shape index (κ3) is 2.00. The number of carbonyl (C=O) groups excluding carboxylic acids is 2. The highest BCUT2D eigenvalue weighted by molar-refractivity contribution is 6.05. The van der Waals surface area contributed by atoms with Gasteiger partial charge in [-0.05, 0) is 45.4 Å². The third-order valence-electron chi connectivity index (χ3n) is 5.26. The Labute approximate surface area is 114 Å². The van der Waals surface area contributed by atoms with Gasteiger partial charge in [0.2, 0.25) is 11.8 Å². The second-order valence-electron chi connectivity index (χ2n) is 6.84. The SMILES string of the molecule is CC1CC2C(=O)N(C3CCC(C)NC3C)C(=O)C2C1. The third-order valence-corrected chi connectivity index (χ3v) is 5.26. The van der Waals surface area contributed by atoms with Crippen LogP contribution >= 0.6 is 0 Å². The predicted molar refractivity (Wildman–Crippen MR) is 72.3 cm³/mol. The van der Waals surface area contributed by atoms with Gasteiger partial charge in [0.1, 0.15) is 0 Å². The Morgan fingerprint density at radius 1 is 1.00 bits per heavy atom. The zero-order chi connectivity index (χ0) is 13.7. The van der Waals surface area contributed by atoms with Crippen LogP contribution in [0.1, 0.15) is 46.5 Å². The zero-order valence-corrected chi connectivity index (χ0v) is 12.1. The van der Waals surface area contributed by atoms with Crippen molar-refractivity contribution in [1.29, 1.82) is 0 Å². The molecule has 106 valence electrons. The summed E-state index contributed by atoms with van der Waals surface area (Å²) in [7, 11) is 0. The minimum atomic E-state index is -0.0194. The Kier molecular flexibility index (Phi) is 3.16. The number of fused-ring (bicyclic) bond motifs is 1. The first kappa shape index (κ1) is 13.1. The number of rotatable bonds is 1. The van der Waals surface area contributed by atoms with E-state index in [1.54, 1.807) is 4.90 Å². The second-order valence-corrected chi connectivity index (χ2v) is 6.84. The quantitative estimate of drug-likeness (QED) is 0.731. The Balaban J connectivity index is 1.79. The summed E-state index contributed by atoms with van der Waals surface area (Å²) in [6, 6.07) is 0.767. The van der Waals surface area contributed by atoms with Gasteiger partial charge in [0.25, 0.3) is 0 Å². The van der Waals surface area contributed by atoms with E-state index < -0.39 is 0 Å². The lowest BCUT2D eigenvalue weighted by Gasteiger charge is -2.39. The van der Waals surface area contributed by atoms with Crippen molar-refractivity contribution in [3.8, 4) is 0 Å². The maximum absolute atomic E-state index is 12.5. The van der Waals surface area contributed by atoms with Crippen LogP contribution in [0, 0.1) is 17.8 Å². The average Bonchev–Trinajstić information content (AvgIpc) is 2.82. The molecule has 1 saturated carbocycles. The molecule has 0 aromatic heterocycles. The van der Waals surface area contributed by atoms with E-state index in [1.807, 2.05) is 0 Å². The molecule has 4 nitrogen and oxygen atoms in total. The lowest BCUT2D eigenvalue weighted by molar-refractivity contribution is -0.144. The molecular weight excluding hydrogens is 240 g/mol. The molecule has 4 heteroatoms. The monoisotopic (exact) mass is 264 g/mol. The Bertz CT molecular complexity index is 385. The molecule has 2 aliphatic heterocycles. The first-order valence-electron chi connectivity index (χ1n) is 7.62. The summed E-state index contributed by atoms with van der Waals surface area (Å²) in [6.45, 7) is 6.41. The van der Waals surface area contributed by atoms with E-state index in [9.17, 15) is 9.59 Å². The van der Waals surface area contributed by atoms with Crippen molar-refractivity contribution in [2.45, 2.75) is 64.6 Å². The van der Waals surface area contributed by atoms with Crippen LogP contribution in [0.4, 0.5) is 0 Å². The summed E-state index contributed by atoms with van der Waals surface area (Å²) in [4.78, 5) is 26.7. The summed E-state index contributed by atoms with van der Waals surface area (Å²) >= 11 is 0. The molecule has 0 radical (unpaired) electrons. The molecule has 5 atom stereocenters. The number of hydrogen-bond acceptors (Lipinski definition) is 3. The number of likely N-dealkylation sites (tertiary alicyclic amines) is 1. The number of carbonyl (C=O) groups is 2. The highest BCUT2D eigenvalue weighted by Crippen LogP contribution is 2.44. The average molecular weight is 264 g/mol. The normalized spacial score (nSPS) is 46.8. The highest BCUT2D eigenvalue weighted by atomic mass is 16.2. The van der Waals surface area contributed by atoms with Gasteiger partial charge in [-0.1, -0.05) is 6.92 Å². The molecule has 1 aliphatic carbocycles. The fourth-order valence-corrected chi connectivity index (χ4v) is 4.30. The van der Waals surface area contributed by atoms with Gasteiger partial charge in [0.05, 0.1) is 17.9 Å². The number of piperidine rings is 1. The first-order chi connectivity index (χ1) is 8.99. The van der Waals surface area contributed by atoms with Gasteiger partial charge in [-0.15, -0.1) is 0 Å². The highest BCUT2D eigenvalue weighted by Gasteiger charge is 2.54. The van der Waals surface area contributed by atoms with Gasteiger partial charge in [0, 0.05) is 12.1 Å². The molecule has 2 amide bonds. The van der Waals surface area contributed by atoms with Crippen LogP contribution in [0.25, 0.3) is 0 Å². The van der Waals surface area contributed by atoms with E-state index >= 15 is 0 Å². The molecule has 0 spiro atoms. The molecule has 2 heterocycles. The minimum absolute atomic E-state index is 0.0194. The standard InChI is InChI=1S/C15H24N2O2/c1-8-6-11-12(7-8)15(19)17(14(11)18)13-5-4-9(2)16-10(13)3/h8-13,16H,4-7H2,1-3H3. The van der Waals surface area contributed by atoms with Crippen molar-refractivity contribution in [2.75, 3.05) is 0 Å². The van der Waals surface area contributed by atoms with Gasteiger partial charge in [-0.3, -0.25) is 14.5 Å². The fraction of sp³-hybridized carbons (Fsp3) is 0.867. The lowest BCUT2D eigenvalue weighted by atomic mass is 9.93. The predicted octanol–water partition coefficient (Wildman–Crippen LogP) is 1.55. The summed E-state index contributed by atoms with van der Waals surface area (Å²) < 4.78 is 0. The molecule has 1 N–H and O–H groups in total. The molecule has 0 bridgehead atoms. The van der Waals surface area contributed by atoms with Crippen molar-refractivity contribution < 1.29 is 9.59 Å². The topological polar surface area (TPSA) is 49.4 Å². The van der Waals surface area contributed by atoms with E-state index in [1.165, 1.54) is 0 Å². The molecule has 3 aliphatic rings. The number of hydrogen-bond donors (Lipinski definition) is 1. The second kappa shape index (κ2) is 4.58. The zero-order valence-electron chi connectivity index (χ0n) is 12.1. The van der Waals surface area contributed by atoms with Gasteiger partial charge in [-0.25, -0.2) is 0 Å². The van der Waals surface area contributed by atoms with Crippen molar-refractivity contribution >= 4 is 11.8 Å². The summed E-state index contributed by atoms with van der Waals surface area (Å²) in [5, 5.41) is 3.48. The van der Waals surface area contributed by atoms with Gasteiger partial charge in [0.15, 0.2) is 0 Å². The van der Waals surface area contributed by atoms with E-state index in [-0.39, 0.29) is 35.7 Å². The van der Waals surface area contributed by atoms with Crippen molar-refractivity contribution in [1.82, 2.24) is 10.2 Å². The van der Waals surface area contributed by atoms with Gasteiger partial charge in [-0.2, -0.15) is 0 Å². The number of amides is 2. The van der Waals surface area contributed by atoms with Crippen LogP contribution in [0.15, 0.2) is 0 Å². The number of imide groups is 1. The minimum Gasteiger partial charge on any atom is -0.310 e. The Morgan fingerprint density at radius 2 is 1.58 bits per heavy atom. The molecule has 19 heavy (non-hydrogen) atoms. The van der Waals surface area contributed by atoms with E-state index in [2.05, 4.69) is 26.1 Å². The van der Waals surface area contributed by atoms with Crippen molar-refractivity contribution in [3.63, 3.8) is 0 Å². The van der Waals surface area contributed by atoms with E-state index in [0.717, 1.165) is 25.7 Å². The van der Waals surface area contributed by atoms with Crippen LogP contribution in [-0.2, 0) is 9.59 Å². The molecule has 3 rings (SSSR count). The Morgan fingerprint density at radius 3 is 2.11 bits per heavy atom. The summed E-state index contributed by atoms with van der Waals surface area (Å²) in [5.41, 5.74) is 0. The fourth-order valence-electron chi connectivity index (χ4n) is 4.30. The Hall–Kier alpha value is -0.900. The van der Waals surface area contributed by atoms with Crippen LogP contribution in [0.2, 0.25) is 0 Å². The van der Waals surface area contributed by atoms with E-state index in [0.29, 0.717) is 12.0 Å². The maximum Gasteiger partial charge on any atom is 0.233 e. The molecule has 3 fully saturated rings. The van der Waals surface area contributed by atoms with Crippen molar-refractivity contribution in [2.24, 2.45) is 17.8 Å². The van der Waals surface area contributed by atoms with E-state index in [4.69, 9.17) is 0 Å². The van der Waals surface area contributed by atoms with Crippen LogP contribution < -0.4 is 5.32 Å². The largest absolute Gasteiger partial charge is 0.310 e. The molecule has 2 saturated heterocycles. The van der Waals surface area contributed by atoms with Crippen LogP contribution in [0.3, 0.4) is 0 Å². The molecule has 0 aromatic rings.